The fraction of sp³-hybridized carbons (Fsp3) is 0.762. The summed E-state index contributed by atoms with van der Waals surface area (Å²) in [5.74, 6) is 0.149. The van der Waals surface area contributed by atoms with E-state index < -0.39 is 12.3 Å². The molecular formula is C21H33FO4. The van der Waals surface area contributed by atoms with Crippen LogP contribution in [0.1, 0.15) is 64.7 Å². The standard InChI is InChI=1S/C21H33FO4/c1-3-4-5-8-16(23)13-11-15-12-14-17-20(15)21(22)18(26-17)9-6-7-10-19(24)25-2/h9,11,13,15-17,20-21,23H,3-8,10,12,14H2,1-2H3/t15-,16-,17+,20+,21+/m0/s1. The Balaban J connectivity index is 1.83. The van der Waals surface area contributed by atoms with Gasteiger partial charge in [-0.05, 0) is 44.1 Å². The summed E-state index contributed by atoms with van der Waals surface area (Å²) in [7, 11) is 1.37. The van der Waals surface area contributed by atoms with Crippen LogP contribution in [0.25, 0.3) is 0 Å². The summed E-state index contributed by atoms with van der Waals surface area (Å²) < 4.78 is 25.3. The third-order valence-electron chi connectivity index (χ3n) is 5.45. The minimum absolute atomic E-state index is 0.0660. The summed E-state index contributed by atoms with van der Waals surface area (Å²) in [5.41, 5.74) is 0. The lowest BCUT2D eigenvalue weighted by molar-refractivity contribution is -0.140. The van der Waals surface area contributed by atoms with Crippen LogP contribution in [0.2, 0.25) is 0 Å². The van der Waals surface area contributed by atoms with Gasteiger partial charge in [0.1, 0.15) is 11.9 Å². The van der Waals surface area contributed by atoms with Gasteiger partial charge in [0.25, 0.3) is 0 Å². The van der Waals surface area contributed by atoms with Gasteiger partial charge in [0.2, 0.25) is 0 Å². The van der Waals surface area contributed by atoms with Crippen LogP contribution in [0.15, 0.2) is 24.0 Å². The Kier molecular flexibility index (Phi) is 8.63. The fourth-order valence-electron chi connectivity index (χ4n) is 3.94. The lowest BCUT2D eigenvalue weighted by Gasteiger charge is -2.15. The molecule has 2 rings (SSSR count). The molecule has 0 aromatic rings. The summed E-state index contributed by atoms with van der Waals surface area (Å²) in [6.45, 7) is 2.14. The van der Waals surface area contributed by atoms with Gasteiger partial charge in [0, 0.05) is 12.3 Å². The number of hydrogen-bond acceptors (Lipinski definition) is 4. The van der Waals surface area contributed by atoms with Crippen molar-refractivity contribution in [2.24, 2.45) is 11.8 Å². The van der Waals surface area contributed by atoms with E-state index in [1.54, 1.807) is 6.08 Å². The first-order valence-electron chi connectivity index (χ1n) is 10.0. The fourth-order valence-corrected chi connectivity index (χ4v) is 3.94. The summed E-state index contributed by atoms with van der Waals surface area (Å²) in [6.07, 6.45) is 11.4. The number of rotatable bonds is 10. The predicted molar refractivity (Wildman–Crippen MR) is 99.2 cm³/mol. The highest BCUT2D eigenvalue weighted by molar-refractivity contribution is 5.69. The molecule has 1 aliphatic heterocycles. The van der Waals surface area contributed by atoms with Gasteiger partial charge >= 0.3 is 5.97 Å². The lowest BCUT2D eigenvalue weighted by Crippen LogP contribution is -2.21. The molecule has 1 aliphatic carbocycles. The van der Waals surface area contributed by atoms with Crippen molar-refractivity contribution in [1.82, 2.24) is 0 Å². The number of ether oxygens (including phenoxy) is 2. The zero-order valence-electron chi connectivity index (χ0n) is 16.0. The number of aliphatic hydroxyl groups is 1. The first kappa shape index (κ1) is 20.9. The van der Waals surface area contributed by atoms with E-state index >= 15 is 0 Å². The number of unbranched alkanes of at least 4 members (excludes halogenated alkanes) is 3. The van der Waals surface area contributed by atoms with Gasteiger partial charge in [-0.3, -0.25) is 4.79 Å². The van der Waals surface area contributed by atoms with Crippen molar-refractivity contribution in [2.75, 3.05) is 7.11 Å². The van der Waals surface area contributed by atoms with Gasteiger partial charge in [0.05, 0.1) is 13.2 Å². The Morgan fingerprint density at radius 2 is 2.19 bits per heavy atom. The second-order valence-corrected chi connectivity index (χ2v) is 7.40. The highest BCUT2D eigenvalue weighted by Crippen LogP contribution is 2.47. The highest BCUT2D eigenvalue weighted by Gasteiger charge is 2.49. The number of methoxy groups -OCH3 is 1. The number of allylic oxidation sites excluding steroid dienone is 3. The van der Waals surface area contributed by atoms with Crippen LogP contribution in [0, 0.1) is 11.8 Å². The van der Waals surface area contributed by atoms with E-state index in [2.05, 4.69) is 11.7 Å². The molecular weight excluding hydrogens is 335 g/mol. The third-order valence-corrected chi connectivity index (χ3v) is 5.45. The zero-order chi connectivity index (χ0) is 18.9. The topological polar surface area (TPSA) is 55.8 Å². The molecule has 148 valence electrons. The minimum atomic E-state index is -1.09. The molecule has 2 aliphatic rings. The number of carbonyl (C=O) groups excluding carboxylic acids is 1. The number of halogens is 1. The number of fused-ring (bicyclic) bond motifs is 1. The van der Waals surface area contributed by atoms with E-state index in [4.69, 9.17) is 4.74 Å². The molecule has 1 saturated heterocycles. The monoisotopic (exact) mass is 368 g/mol. The van der Waals surface area contributed by atoms with E-state index in [0.29, 0.717) is 25.0 Å². The molecule has 5 heteroatoms. The van der Waals surface area contributed by atoms with Crippen LogP contribution in [0.4, 0.5) is 4.39 Å². The molecule has 0 aromatic heterocycles. The largest absolute Gasteiger partial charge is 0.492 e. The molecule has 1 N–H and O–H groups in total. The van der Waals surface area contributed by atoms with Crippen molar-refractivity contribution in [3.63, 3.8) is 0 Å². The predicted octanol–water partition coefficient (Wildman–Crippen LogP) is 4.47. The van der Waals surface area contributed by atoms with Gasteiger partial charge in [-0.2, -0.15) is 0 Å². The van der Waals surface area contributed by atoms with Crippen molar-refractivity contribution < 1.29 is 23.8 Å². The van der Waals surface area contributed by atoms with Crippen LogP contribution in [0.3, 0.4) is 0 Å². The molecule has 1 heterocycles. The van der Waals surface area contributed by atoms with Crippen LogP contribution >= 0.6 is 0 Å². The first-order valence-corrected chi connectivity index (χ1v) is 10.0. The lowest BCUT2D eigenvalue weighted by atomic mass is 9.90. The first-order chi connectivity index (χ1) is 12.6. The van der Waals surface area contributed by atoms with Crippen LogP contribution < -0.4 is 0 Å². The molecule has 0 radical (unpaired) electrons. The molecule has 0 spiro atoms. The molecule has 1 saturated carbocycles. The summed E-state index contributed by atoms with van der Waals surface area (Å²) in [6, 6.07) is 0. The smallest absolute Gasteiger partial charge is 0.305 e. The molecule has 4 nitrogen and oxygen atoms in total. The van der Waals surface area contributed by atoms with Crippen LogP contribution in [-0.2, 0) is 14.3 Å². The van der Waals surface area contributed by atoms with Crippen LogP contribution in [-0.4, -0.2) is 36.6 Å². The van der Waals surface area contributed by atoms with E-state index in [9.17, 15) is 14.3 Å². The normalized spacial score (nSPS) is 30.5. The Morgan fingerprint density at radius 1 is 1.38 bits per heavy atom. The maximum Gasteiger partial charge on any atom is 0.305 e. The molecule has 2 fully saturated rings. The number of hydrogen-bond donors (Lipinski definition) is 1. The summed E-state index contributed by atoms with van der Waals surface area (Å²) in [5, 5.41) is 10.0. The maximum atomic E-state index is 14.8. The number of alkyl halides is 1. The van der Waals surface area contributed by atoms with E-state index in [-0.39, 0.29) is 23.9 Å². The Morgan fingerprint density at radius 3 is 2.92 bits per heavy atom. The van der Waals surface area contributed by atoms with Crippen molar-refractivity contribution >= 4 is 5.97 Å². The van der Waals surface area contributed by atoms with Crippen molar-refractivity contribution in [3.05, 3.63) is 24.0 Å². The summed E-state index contributed by atoms with van der Waals surface area (Å²) in [4.78, 5) is 11.1. The van der Waals surface area contributed by atoms with Crippen molar-refractivity contribution in [1.29, 1.82) is 0 Å². The van der Waals surface area contributed by atoms with Gasteiger partial charge in [-0.1, -0.05) is 38.3 Å². The van der Waals surface area contributed by atoms with Gasteiger partial charge in [-0.15, -0.1) is 0 Å². The Bertz CT molecular complexity index is 502. The van der Waals surface area contributed by atoms with E-state index in [1.807, 2.05) is 12.2 Å². The second-order valence-electron chi connectivity index (χ2n) is 7.40. The minimum Gasteiger partial charge on any atom is -0.492 e. The third kappa shape index (κ3) is 5.83. The maximum absolute atomic E-state index is 14.8. The number of carbonyl (C=O) groups is 1. The average molecular weight is 368 g/mol. The molecule has 26 heavy (non-hydrogen) atoms. The molecule has 0 bridgehead atoms. The van der Waals surface area contributed by atoms with Gasteiger partial charge < -0.3 is 14.6 Å². The van der Waals surface area contributed by atoms with Gasteiger partial charge in [-0.25, -0.2) is 4.39 Å². The Labute approximate surface area is 156 Å². The second kappa shape index (κ2) is 10.7. The number of esters is 1. The van der Waals surface area contributed by atoms with Gasteiger partial charge in [0.15, 0.2) is 6.17 Å². The van der Waals surface area contributed by atoms with E-state index in [0.717, 1.165) is 38.5 Å². The SMILES string of the molecule is CCCCC[C@H](O)C=C[C@H]1CC[C@H]2OC(=CCCCC(=O)OC)[C@@H](F)[C@H]12. The molecule has 0 aromatic carbocycles. The van der Waals surface area contributed by atoms with Crippen molar-refractivity contribution in [3.8, 4) is 0 Å². The Hall–Kier alpha value is -1.36. The average Bonchev–Trinajstić information content (AvgIpc) is 3.17. The molecule has 0 amide bonds. The zero-order valence-corrected chi connectivity index (χ0v) is 16.0. The molecule has 0 unspecified atom stereocenters. The van der Waals surface area contributed by atoms with E-state index in [1.165, 1.54) is 7.11 Å². The van der Waals surface area contributed by atoms with Crippen molar-refractivity contribution in [2.45, 2.75) is 83.1 Å². The summed E-state index contributed by atoms with van der Waals surface area (Å²) >= 11 is 0. The quantitative estimate of drug-likeness (QED) is 0.351. The number of aliphatic hydroxyl groups excluding tert-OH is 1. The van der Waals surface area contributed by atoms with Crippen LogP contribution in [0.5, 0.6) is 0 Å². The molecule has 5 atom stereocenters. The highest BCUT2D eigenvalue weighted by atomic mass is 19.1.